The Hall–Kier alpha value is -1.51. The maximum Gasteiger partial charge on any atom is 0.303 e. The summed E-state index contributed by atoms with van der Waals surface area (Å²) in [5, 5.41) is 18.4. The van der Waals surface area contributed by atoms with Gasteiger partial charge in [0.25, 0.3) is 0 Å². The predicted molar refractivity (Wildman–Crippen MR) is 60.6 cm³/mol. The molecule has 2 N–H and O–H groups in total. The highest BCUT2D eigenvalue weighted by Crippen LogP contribution is 2.49. The second-order valence-corrected chi connectivity index (χ2v) is 5.20. The third-order valence-corrected chi connectivity index (χ3v) is 3.47. The number of carboxylic acid groups (broad SMARTS) is 1. The molecule has 1 aromatic carbocycles. The molecule has 1 aliphatic rings. The van der Waals surface area contributed by atoms with Crippen LogP contribution in [0.5, 0.6) is 5.75 Å². The van der Waals surface area contributed by atoms with Gasteiger partial charge in [0, 0.05) is 5.92 Å². The SMILES string of the molecule is CC1(C)Cc2ccc(O)cc2C1CC(=O)O. The zero-order valence-electron chi connectivity index (χ0n) is 9.53. The number of carbonyl (C=O) groups is 1. The molecule has 0 saturated heterocycles. The summed E-state index contributed by atoms with van der Waals surface area (Å²) in [6.07, 6.45) is 1.00. The van der Waals surface area contributed by atoms with Crippen molar-refractivity contribution in [2.24, 2.45) is 5.41 Å². The second kappa shape index (κ2) is 3.51. The van der Waals surface area contributed by atoms with Crippen LogP contribution in [0.2, 0.25) is 0 Å². The standard InChI is InChI=1S/C13H16O3/c1-13(2)7-8-3-4-9(14)5-10(8)11(13)6-12(15)16/h3-5,11,14H,6-7H2,1-2H3,(H,15,16). The second-order valence-electron chi connectivity index (χ2n) is 5.20. The largest absolute Gasteiger partial charge is 0.508 e. The van der Waals surface area contributed by atoms with Crippen molar-refractivity contribution in [3.8, 4) is 5.75 Å². The molecule has 16 heavy (non-hydrogen) atoms. The van der Waals surface area contributed by atoms with Crippen LogP contribution in [0, 0.1) is 5.41 Å². The van der Waals surface area contributed by atoms with Gasteiger partial charge in [-0.2, -0.15) is 0 Å². The summed E-state index contributed by atoms with van der Waals surface area (Å²) in [5.74, 6) is -0.576. The molecule has 2 rings (SSSR count). The van der Waals surface area contributed by atoms with E-state index in [0.717, 1.165) is 17.5 Å². The number of phenols is 1. The van der Waals surface area contributed by atoms with E-state index < -0.39 is 5.97 Å². The first-order valence-corrected chi connectivity index (χ1v) is 5.44. The lowest BCUT2D eigenvalue weighted by Gasteiger charge is -2.26. The Morgan fingerprint density at radius 3 is 2.81 bits per heavy atom. The zero-order chi connectivity index (χ0) is 11.9. The van der Waals surface area contributed by atoms with Gasteiger partial charge in [-0.25, -0.2) is 0 Å². The van der Waals surface area contributed by atoms with E-state index in [9.17, 15) is 9.90 Å². The van der Waals surface area contributed by atoms with Gasteiger partial charge >= 0.3 is 5.97 Å². The first kappa shape index (κ1) is 11.0. The molecule has 0 heterocycles. The maximum atomic E-state index is 10.9. The van der Waals surface area contributed by atoms with Crippen molar-refractivity contribution < 1.29 is 15.0 Å². The minimum atomic E-state index is -0.783. The first-order valence-electron chi connectivity index (χ1n) is 5.44. The lowest BCUT2D eigenvalue weighted by molar-refractivity contribution is -0.138. The number of benzene rings is 1. The van der Waals surface area contributed by atoms with Gasteiger partial charge in [0.05, 0.1) is 6.42 Å². The van der Waals surface area contributed by atoms with Crippen molar-refractivity contribution in [1.82, 2.24) is 0 Å². The average molecular weight is 220 g/mol. The van der Waals surface area contributed by atoms with E-state index in [2.05, 4.69) is 13.8 Å². The molecule has 1 aliphatic carbocycles. The summed E-state index contributed by atoms with van der Waals surface area (Å²) in [7, 11) is 0. The number of aliphatic carboxylic acids is 1. The Morgan fingerprint density at radius 2 is 2.19 bits per heavy atom. The summed E-state index contributed by atoms with van der Waals surface area (Å²) >= 11 is 0. The quantitative estimate of drug-likeness (QED) is 0.805. The van der Waals surface area contributed by atoms with Crippen molar-refractivity contribution in [3.05, 3.63) is 29.3 Å². The predicted octanol–water partition coefficient (Wildman–Crippen LogP) is 2.53. The van der Waals surface area contributed by atoms with E-state index >= 15 is 0 Å². The zero-order valence-corrected chi connectivity index (χ0v) is 9.53. The number of fused-ring (bicyclic) bond motifs is 1. The van der Waals surface area contributed by atoms with Crippen molar-refractivity contribution in [3.63, 3.8) is 0 Å². The Balaban J connectivity index is 2.43. The van der Waals surface area contributed by atoms with Crippen LogP contribution in [-0.4, -0.2) is 16.2 Å². The van der Waals surface area contributed by atoms with Crippen LogP contribution in [-0.2, 0) is 11.2 Å². The minimum Gasteiger partial charge on any atom is -0.508 e. The van der Waals surface area contributed by atoms with Gasteiger partial charge in [-0.1, -0.05) is 19.9 Å². The fraction of sp³-hybridized carbons (Fsp3) is 0.462. The molecule has 0 radical (unpaired) electrons. The highest BCUT2D eigenvalue weighted by Gasteiger charge is 2.39. The van der Waals surface area contributed by atoms with Gasteiger partial charge in [0.2, 0.25) is 0 Å². The van der Waals surface area contributed by atoms with E-state index in [-0.39, 0.29) is 23.5 Å². The molecule has 0 spiro atoms. The minimum absolute atomic E-state index is 0.00731. The van der Waals surface area contributed by atoms with Crippen LogP contribution in [0.3, 0.4) is 0 Å². The van der Waals surface area contributed by atoms with E-state index in [0.29, 0.717) is 0 Å². The fourth-order valence-electron chi connectivity index (χ4n) is 2.66. The average Bonchev–Trinajstić information content (AvgIpc) is 2.38. The summed E-state index contributed by atoms with van der Waals surface area (Å²) < 4.78 is 0. The van der Waals surface area contributed by atoms with Crippen LogP contribution < -0.4 is 0 Å². The van der Waals surface area contributed by atoms with E-state index in [1.807, 2.05) is 6.07 Å². The van der Waals surface area contributed by atoms with Crippen LogP contribution in [0.15, 0.2) is 18.2 Å². The number of hydrogen-bond acceptors (Lipinski definition) is 2. The lowest BCUT2D eigenvalue weighted by Crippen LogP contribution is -2.20. The highest BCUT2D eigenvalue weighted by molar-refractivity contribution is 5.69. The van der Waals surface area contributed by atoms with Crippen molar-refractivity contribution in [2.75, 3.05) is 0 Å². The topological polar surface area (TPSA) is 57.5 Å². The van der Waals surface area contributed by atoms with E-state index in [1.54, 1.807) is 12.1 Å². The molecule has 0 fully saturated rings. The Labute approximate surface area is 94.7 Å². The third-order valence-electron chi connectivity index (χ3n) is 3.47. The molecule has 3 nitrogen and oxygen atoms in total. The molecule has 0 aliphatic heterocycles. The Bertz CT molecular complexity index is 435. The highest BCUT2D eigenvalue weighted by atomic mass is 16.4. The lowest BCUT2D eigenvalue weighted by atomic mass is 9.78. The summed E-state index contributed by atoms with van der Waals surface area (Å²) in [6, 6.07) is 5.27. The smallest absolute Gasteiger partial charge is 0.303 e. The molecular formula is C13H16O3. The summed E-state index contributed by atoms with van der Waals surface area (Å²) in [4.78, 5) is 10.9. The number of rotatable bonds is 2. The van der Waals surface area contributed by atoms with Gasteiger partial charge in [-0.05, 0) is 35.1 Å². The molecule has 1 unspecified atom stereocenters. The van der Waals surface area contributed by atoms with Crippen molar-refractivity contribution in [1.29, 1.82) is 0 Å². The van der Waals surface area contributed by atoms with E-state index in [1.165, 1.54) is 0 Å². The van der Waals surface area contributed by atoms with Crippen molar-refractivity contribution >= 4 is 5.97 Å². The van der Waals surface area contributed by atoms with Crippen LogP contribution >= 0.6 is 0 Å². The van der Waals surface area contributed by atoms with Crippen LogP contribution in [0.1, 0.15) is 37.3 Å². The van der Waals surface area contributed by atoms with Gasteiger partial charge in [-0.3, -0.25) is 4.79 Å². The summed E-state index contributed by atoms with van der Waals surface area (Å²) in [6.45, 7) is 4.16. The molecule has 1 atom stereocenters. The Morgan fingerprint density at radius 1 is 1.50 bits per heavy atom. The van der Waals surface area contributed by atoms with E-state index in [4.69, 9.17) is 5.11 Å². The molecule has 86 valence electrons. The molecular weight excluding hydrogens is 204 g/mol. The summed E-state index contributed by atoms with van der Waals surface area (Å²) in [5.41, 5.74) is 2.11. The molecule has 0 saturated carbocycles. The van der Waals surface area contributed by atoms with Crippen molar-refractivity contribution in [2.45, 2.75) is 32.6 Å². The molecule has 1 aromatic rings. The molecule has 0 amide bonds. The molecule has 3 heteroatoms. The van der Waals surface area contributed by atoms with Gasteiger partial charge in [-0.15, -0.1) is 0 Å². The molecule has 0 aromatic heterocycles. The van der Waals surface area contributed by atoms with Crippen LogP contribution in [0.4, 0.5) is 0 Å². The maximum absolute atomic E-state index is 10.9. The number of phenolic OH excluding ortho intramolecular Hbond substituents is 1. The Kier molecular flexibility index (Phi) is 2.41. The fourth-order valence-corrected chi connectivity index (χ4v) is 2.66. The third kappa shape index (κ3) is 1.77. The number of aromatic hydroxyl groups is 1. The number of hydrogen-bond donors (Lipinski definition) is 2. The molecule has 0 bridgehead atoms. The van der Waals surface area contributed by atoms with Crippen LogP contribution in [0.25, 0.3) is 0 Å². The van der Waals surface area contributed by atoms with Gasteiger partial charge < -0.3 is 10.2 Å². The monoisotopic (exact) mass is 220 g/mol. The first-order chi connectivity index (χ1) is 7.40. The number of carboxylic acids is 1. The van der Waals surface area contributed by atoms with Gasteiger partial charge in [0.15, 0.2) is 0 Å². The van der Waals surface area contributed by atoms with Gasteiger partial charge in [0.1, 0.15) is 5.75 Å². The normalized spacial score (nSPS) is 21.8.